The number of carbonyl (C=O) groups is 1. The van der Waals surface area contributed by atoms with Crippen LogP contribution < -0.4 is 0 Å². The van der Waals surface area contributed by atoms with Crippen molar-refractivity contribution in [2.45, 2.75) is 23.8 Å². The van der Waals surface area contributed by atoms with E-state index in [1.165, 1.54) is 0 Å². The zero-order chi connectivity index (χ0) is 12.3. The second-order valence-corrected chi connectivity index (χ2v) is 5.28. The van der Waals surface area contributed by atoms with E-state index in [0.717, 1.165) is 17.3 Å². The summed E-state index contributed by atoms with van der Waals surface area (Å²) in [5, 5.41) is 0. The molecule has 0 aliphatic carbocycles. The summed E-state index contributed by atoms with van der Waals surface area (Å²) in [5.74, 6) is -0.311. The SMILES string of the molecule is O=C(OC1CCOCC1)c1ccc(Br)cc1S. The first-order valence-corrected chi connectivity index (χ1v) is 6.68. The Balaban J connectivity index is 2.03. The number of ether oxygens (including phenoxy) is 2. The quantitative estimate of drug-likeness (QED) is 0.672. The van der Waals surface area contributed by atoms with Crippen LogP contribution in [0.15, 0.2) is 27.6 Å². The van der Waals surface area contributed by atoms with Crippen LogP contribution in [0, 0.1) is 0 Å². The third-order valence-electron chi connectivity index (χ3n) is 2.62. The zero-order valence-electron chi connectivity index (χ0n) is 9.19. The minimum absolute atomic E-state index is 0.0346. The average molecular weight is 317 g/mol. The van der Waals surface area contributed by atoms with Gasteiger partial charge in [0.25, 0.3) is 0 Å². The lowest BCUT2D eigenvalue weighted by Gasteiger charge is -2.22. The third-order valence-corrected chi connectivity index (χ3v) is 3.48. The predicted octanol–water partition coefficient (Wildman–Crippen LogP) is 3.07. The molecule has 1 aliphatic rings. The molecule has 2 rings (SSSR count). The fraction of sp³-hybridized carbons (Fsp3) is 0.417. The van der Waals surface area contributed by atoms with Gasteiger partial charge in [0, 0.05) is 22.2 Å². The Labute approximate surface area is 114 Å². The highest BCUT2D eigenvalue weighted by atomic mass is 79.9. The molecule has 0 aromatic heterocycles. The maximum Gasteiger partial charge on any atom is 0.339 e. The van der Waals surface area contributed by atoms with E-state index >= 15 is 0 Å². The van der Waals surface area contributed by atoms with E-state index < -0.39 is 0 Å². The fourth-order valence-corrected chi connectivity index (χ4v) is 2.53. The number of hydrogen-bond acceptors (Lipinski definition) is 4. The number of hydrogen-bond donors (Lipinski definition) is 1. The molecule has 1 aromatic carbocycles. The highest BCUT2D eigenvalue weighted by molar-refractivity contribution is 9.10. The molecule has 0 unspecified atom stereocenters. The van der Waals surface area contributed by atoms with Gasteiger partial charge in [-0.05, 0) is 18.2 Å². The summed E-state index contributed by atoms with van der Waals surface area (Å²) in [5.41, 5.74) is 0.503. The van der Waals surface area contributed by atoms with Crippen LogP contribution in [0.4, 0.5) is 0 Å². The Morgan fingerprint density at radius 1 is 1.41 bits per heavy atom. The van der Waals surface area contributed by atoms with Gasteiger partial charge < -0.3 is 9.47 Å². The summed E-state index contributed by atoms with van der Waals surface area (Å²) >= 11 is 7.60. The summed E-state index contributed by atoms with van der Waals surface area (Å²) in [4.78, 5) is 12.5. The first-order chi connectivity index (χ1) is 8.16. The molecule has 0 radical (unpaired) electrons. The van der Waals surface area contributed by atoms with Gasteiger partial charge >= 0.3 is 5.97 Å². The van der Waals surface area contributed by atoms with Crippen LogP contribution in [0.3, 0.4) is 0 Å². The molecule has 1 fully saturated rings. The molecule has 0 atom stereocenters. The van der Waals surface area contributed by atoms with Gasteiger partial charge in [0.2, 0.25) is 0 Å². The summed E-state index contributed by atoms with van der Waals surface area (Å²) in [6.45, 7) is 1.32. The standard InChI is InChI=1S/C12H13BrO3S/c13-8-1-2-10(11(17)7-8)12(14)16-9-3-5-15-6-4-9/h1-2,7,9,17H,3-6H2. The molecule has 0 amide bonds. The Bertz CT molecular complexity index is 416. The van der Waals surface area contributed by atoms with E-state index in [2.05, 4.69) is 28.6 Å². The first kappa shape index (κ1) is 12.9. The van der Waals surface area contributed by atoms with Gasteiger partial charge in [0.15, 0.2) is 0 Å². The van der Waals surface area contributed by atoms with Crippen molar-refractivity contribution in [2.24, 2.45) is 0 Å². The number of thiol groups is 1. The monoisotopic (exact) mass is 316 g/mol. The summed E-state index contributed by atoms with van der Waals surface area (Å²) in [6, 6.07) is 5.30. The number of halogens is 1. The van der Waals surface area contributed by atoms with Crippen LogP contribution >= 0.6 is 28.6 Å². The van der Waals surface area contributed by atoms with Crippen LogP contribution in [-0.2, 0) is 9.47 Å². The van der Waals surface area contributed by atoms with Gasteiger partial charge in [-0.1, -0.05) is 15.9 Å². The number of esters is 1. The smallest absolute Gasteiger partial charge is 0.339 e. The van der Waals surface area contributed by atoms with Crippen molar-refractivity contribution in [3.63, 3.8) is 0 Å². The van der Waals surface area contributed by atoms with Crippen LogP contribution in [0.5, 0.6) is 0 Å². The van der Waals surface area contributed by atoms with Crippen molar-refractivity contribution in [1.82, 2.24) is 0 Å². The molecule has 5 heteroatoms. The molecule has 92 valence electrons. The van der Waals surface area contributed by atoms with Gasteiger partial charge in [-0.3, -0.25) is 0 Å². The Morgan fingerprint density at radius 3 is 2.76 bits per heavy atom. The Morgan fingerprint density at radius 2 is 2.12 bits per heavy atom. The van der Waals surface area contributed by atoms with E-state index in [1.54, 1.807) is 18.2 Å². The Hall–Kier alpha value is -0.520. The highest BCUT2D eigenvalue weighted by Crippen LogP contribution is 2.22. The third kappa shape index (κ3) is 3.47. The molecule has 1 heterocycles. The van der Waals surface area contributed by atoms with Crippen molar-refractivity contribution in [3.8, 4) is 0 Å². The van der Waals surface area contributed by atoms with Crippen LogP contribution in [0.25, 0.3) is 0 Å². The molecular weight excluding hydrogens is 304 g/mol. The lowest BCUT2D eigenvalue weighted by atomic mass is 10.1. The predicted molar refractivity (Wildman–Crippen MR) is 70.7 cm³/mol. The van der Waals surface area contributed by atoms with Crippen molar-refractivity contribution in [2.75, 3.05) is 13.2 Å². The fourth-order valence-electron chi connectivity index (χ4n) is 1.69. The topological polar surface area (TPSA) is 35.5 Å². The highest BCUT2D eigenvalue weighted by Gasteiger charge is 2.20. The second-order valence-electron chi connectivity index (χ2n) is 3.88. The van der Waals surface area contributed by atoms with E-state index in [4.69, 9.17) is 9.47 Å². The van der Waals surface area contributed by atoms with Crippen molar-refractivity contribution < 1.29 is 14.3 Å². The van der Waals surface area contributed by atoms with Crippen LogP contribution in [0.2, 0.25) is 0 Å². The van der Waals surface area contributed by atoms with E-state index in [0.29, 0.717) is 23.7 Å². The van der Waals surface area contributed by atoms with E-state index in [-0.39, 0.29) is 12.1 Å². The summed E-state index contributed by atoms with van der Waals surface area (Å²) in [7, 11) is 0. The normalized spacial score (nSPS) is 16.8. The average Bonchev–Trinajstić information content (AvgIpc) is 2.30. The van der Waals surface area contributed by atoms with Gasteiger partial charge in [-0.15, -0.1) is 12.6 Å². The second kappa shape index (κ2) is 5.89. The van der Waals surface area contributed by atoms with E-state index in [9.17, 15) is 4.79 Å². The summed E-state index contributed by atoms with van der Waals surface area (Å²) in [6.07, 6.45) is 1.50. The van der Waals surface area contributed by atoms with Crippen molar-refractivity contribution >= 4 is 34.5 Å². The van der Waals surface area contributed by atoms with Crippen molar-refractivity contribution in [3.05, 3.63) is 28.2 Å². The molecule has 0 N–H and O–H groups in total. The van der Waals surface area contributed by atoms with Gasteiger partial charge in [-0.25, -0.2) is 4.79 Å². The van der Waals surface area contributed by atoms with Crippen LogP contribution in [0.1, 0.15) is 23.2 Å². The van der Waals surface area contributed by atoms with Crippen LogP contribution in [-0.4, -0.2) is 25.3 Å². The molecule has 17 heavy (non-hydrogen) atoms. The molecular formula is C12H13BrO3S. The maximum atomic E-state index is 11.9. The number of benzene rings is 1. The molecule has 0 spiro atoms. The lowest BCUT2D eigenvalue weighted by molar-refractivity contribution is -0.0161. The number of carbonyl (C=O) groups excluding carboxylic acids is 1. The molecule has 1 saturated heterocycles. The molecule has 0 saturated carbocycles. The zero-order valence-corrected chi connectivity index (χ0v) is 11.7. The van der Waals surface area contributed by atoms with E-state index in [1.807, 2.05) is 0 Å². The number of rotatable bonds is 2. The molecule has 1 aliphatic heterocycles. The minimum Gasteiger partial charge on any atom is -0.459 e. The molecule has 1 aromatic rings. The largest absolute Gasteiger partial charge is 0.459 e. The van der Waals surface area contributed by atoms with Crippen molar-refractivity contribution in [1.29, 1.82) is 0 Å². The molecule has 3 nitrogen and oxygen atoms in total. The molecule has 0 bridgehead atoms. The Kier molecular flexibility index (Phi) is 4.48. The van der Waals surface area contributed by atoms with Gasteiger partial charge in [0.1, 0.15) is 6.10 Å². The first-order valence-electron chi connectivity index (χ1n) is 5.44. The van der Waals surface area contributed by atoms with Gasteiger partial charge in [0.05, 0.1) is 18.8 Å². The lowest BCUT2D eigenvalue weighted by Crippen LogP contribution is -2.26. The minimum atomic E-state index is -0.311. The van der Waals surface area contributed by atoms with Gasteiger partial charge in [-0.2, -0.15) is 0 Å². The maximum absolute atomic E-state index is 11.9. The summed E-state index contributed by atoms with van der Waals surface area (Å²) < 4.78 is 11.5.